The van der Waals surface area contributed by atoms with Crippen LogP contribution in [0.3, 0.4) is 0 Å². The van der Waals surface area contributed by atoms with E-state index in [1.807, 2.05) is 13.8 Å². The third kappa shape index (κ3) is 1.62. The number of rotatable bonds is 3. The van der Waals surface area contributed by atoms with Crippen molar-refractivity contribution in [3.8, 4) is 0 Å². The second-order valence-corrected chi connectivity index (χ2v) is 2.95. The van der Waals surface area contributed by atoms with Crippen LogP contribution < -0.4 is 0 Å². The number of carbonyl (C=O) groups excluding carboxylic acids is 2. The van der Waals surface area contributed by atoms with E-state index in [0.717, 1.165) is 0 Å². The van der Waals surface area contributed by atoms with Crippen LogP contribution in [0.2, 0.25) is 0 Å². The molecule has 0 aromatic heterocycles. The number of ketones is 1. The fourth-order valence-electron chi connectivity index (χ4n) is 1.36. The molecule has 0 atom stereocenters. The van der Waals surface area contributed by atoms with Crippen LogP contribution in [0.4, 0.5) is 0 Å². The van der Waals surface area contributed by atoms with Crippen LogP contribution in [0.1, 0.15) is 20.8 Å². The minimum Gasteiger partial charge on any atom is -0.352 e. The summed E-state index contributed by atoms with van der Waals surface area (Å²) in [7, 11) is 0. The summed E-state index contributed by atoms with van der Waals surface area (Å²) in [5.74, 6) is -0.730. The van der Waals surface area contributed by atoms with Crippen molar-refractivity contribution in [2.75, 3.05) is 19.6 Å². The molecule has 1 amide bonds. The first-order valence-corrected chi connectivity index (χ1v) is 4.85. The first kappa shape index (κ1) is 10.7. The first-order chi connectivity index (χ1) is 6.65. The minimum atomic E-state index is -0.519. The molecule has 0 aromatic carbocycles. The van der Waals surface area contributed by atoms with E-state index < -0.39 is 11.7 Å². The lowest BCUT2D eigenvalue weighted by molar-refractivity contribution is -0.139. The quantitative estimate of drug-likeness (QED) is 0.602. The molecule has 0 N–H and O–H groups in total. The average Bonchev–Trinajstić information content (AvgIpc) is 2.48. The van der Waals surface area contributed by atoms with Crippen LogP contribution in [-0.4, -0.2) is 47.1 Å². The molecule has 0 radical (unpaired) electrons. The SMILES string of the molecule is CCN(CC)C1=NN(CC)C(=O)C1=O. The molecule has 1 aliphatic rings. The molecule has 14 heavy (non-hydrogen) atoms. The Hall–Kier alpha value is -1.39. The molecule has 0 unspecified atom stereocenters. The van der Waals surface area contributed by atoms with Crippen LogP contribution in [0.5, 0.6) is 0 Å². The zero-order chi connectivity index (χ0) is 10.7. The number of hydrogen-bond donors (Lipinski definition) is 0. The van der Waals surface area contributed by atoms with Gasteiger partial charge in [-0.05, 0) is 20.8 Å². The molecule has 78 valence electrons. The first-order valence-electron chi connectivity index (χ1n) is 4.85. The number of likely N-dealkylation sites (N-methyl/N-ethyl adjacent to an activating group) is 2. The van der Waals surface area contributed by atoms with E-state index in [2.05, 4.69) is 5.10 Å². The van der Waals surface area contributed by atoms with Crippen molar-refractivity contribution < 1.29 is 9.59 Å². The summed E-state index contributed by atoms with van der Waals surface area (Å²) in [5.41, 5.74) is 0. The number of amidine groups is 1. The molecule has 5 nitrogen and oxygen atoms in total. The number of hydrazone groups is 1. The zero-order valence-electron chi connectivity index (χ0n) is 8.78. The Labute approximate surface area is 83.4 Å². The van der Waals surface area contributed by atoms with Crippen LogP contribution >= 0.6 is 0 Å². The molecule has 1 rings (SSSR count). The lowest BCUT2D eigenvalue weighted by Gasteiger charge is -2.17. The van der Waals surface area contributed by atoms with Crippen LogP contribution in [0.15, 0.2) is 5.10 Å². The number of amides is 1. The van der Waals surface area contributed by atoms with Gasteiger partial charge < -0.3 is 4.90 Å². The number of hydrogen-bond acceptors (Lipinski definition) is 4. The fraction of sp³-hybridized carbons (Fsp3) is 0.667. The van der Waals surface area contributed by atoms with Gasteiger partial charge >= 0.3 is 5.91 Å². The molecular formula is C9H15N3O2. The second kappa shape index (κ2) is 4.21. The summed E-state index contributed by atoms with van der Waals surface area (Å²) in [6, 6.07) is 0. The van der Waals surface area contributed by atoms with Gasteiger partial charge in [0.2, 0.25) is 5.84 Å². The summed E-state index contributed by atoms with van der Waals surface area (Å²) in [6.07, 6.45) is 0. The molecule has 0 saturated carbocycles. The topological polar surface area (TPSA) is 53.0 Å². The van der Waals surface area contributed by atoms with E-state index >= 15 is 0 Å². The highest BCUT2D eigenvalue weighted by molar-refractivity contribution is 6.66. The van der Waals surface area contributed by atoms with Gasteiger partial charge in [-0.15, -0.1) is 5.10 Å². The highest BCUT2D eigenvalue weighted by atomic mass is 16.2. The molecule has 1 heterocycles. The monoisotopic (exact) mass is 197 g/mol. The lowest BCUT2D eigenvalue weighted by Crippen LogP contribution is -2.37. The number of carbonyl (C=O) groups is 2. The van der Waals surface area contributed by atoms with Gasteiger partial charge in [0.15, 0.2) is 0 Å². The van der Waals surface area contributed by atoms with Crippen molar-refractivity contribution in [2.24, 2.45) is 5.10 Å². The predicted octanol–water partition coefficient (Wildman–Crippen LogP) is 0.0729. The van der Waals surface area contributed by atoms with Crippen LogP contribution in [0, 0.1) is 0 Å². The number of Topliss-reactive ketones (excluding diaryl/α,β-unsaturated/α-hetero) is 1. The molecule has 0 aliphatic carbocycles. The fourth-order valence-corrected chi connectivity index (χ4v) is 1.36. The summed E-state index contributed by atoms with van der Waals surface area (Å²) in [5, 5.41) is 5.19. The second-order valence-electron chi connectivity index (χ2n) is 2.95. The summed E-state index contributed by atoms with van der Waals surface area (Å²) in [4.78, 5) is 24.6. The Morgan fingerprint density at radius 3 is 2.14 bits per heavy atom. The summed E-state index contributed by atoms with van der Waals surface area (Å²) in [6.45, 7) is 7.46. The summed E-state index contributed by atoms with van der Waals surface area (Å²) < 4.78 is 0. The van der Waals surface area contributed by atoms with Crippen molar-refractivity contribution >= 4 is 17.5 Å². The highest BCUT2D eigenvalue weighted by Gasteiger charge is 2.35. The third-order valence-electron chi connectivity index (χ3n) is 2.21. The van der Waals surface area contributed by atoms with Crippen LogP contribution in [-0.2, 0) is 9.59 Å². The van der Waals surface area contributed by atoms with Crippen molar-refractivity contribution in [1.82, 2.24) is 9.91 Å². The minimum absolute atomic E-state index is 0.279. The number of nitrogens with zero attached hydrogens (tertiary/aromatic N) is 3. The summed E-state index contributed by atoms with van der Waals surface area (Å²) >= 11 is 0. The van der Waals surface area contributed by atoms with Gasteiger partial charge in [-0.1, -0.05) is 0 Å². The Morgan fingerprint density at radius 1 is 1.21 bits per heavy atom. The van der Waals surface area contributed by atoms with Crippen molar-refractivity contribution in [3.63, 3.8) is 0 Å². The van der Waals surface area contributed by atoms with E-state index in [4.69, 9.17) is 0 Å². The third-order valence-corrected chi connectivity index (χ3v) is 2.21. The highest BCUT2D eigenvalue weighted by Crippen LogP contribution is 2.07. The smallest absolute Gasteiger partial charge is 0.318 e. The van der Waals surface area contributed by atoms with Gasteiger partial charge in [0, 0.05) is 19.6 Å². The van der Waals surface area contributed by atoms with Gasteiger partial charge in [-0.3, -0.25) is 9.59 Å². The van der Waals surface area contributed by atoms with E-state index in [0.29, 0.717) is 19.6 Å². The van der Waals surface area contributed by atoms with Gasteiger partial charge in [0.1, 0.15) is 0 Å². The van der Waals surface area contributed by atoms with Gasteiger partial charge in [0.05, 0.1) is 0 Å². The van der Waals surface area contributed by atoms with Crippen molar-refractivity contribution in [3.05, 3.63) is 0 Å². The zero-order valence-corrected chi connectivity index (χ0v) is 8.78. The van der Waals surface area contributed by atoms with Crippen molar-refractivity contribution in [1.29, 1.82) is 0 Å². The molecule has 0 fully saturated rings. The Kier molecular flexibility index (Phi) is 3.22. The molecule has 0 saturated heterocycles. The molecule has 0 aromatic rings. The Bertz CT molecular complexity index is 282. The van der Waals surface area contributed by atoms with Gasteiger partial charge in [-0.25, -0.2) is 5.01 Å². The lowest BCUT2D eigenvalue weighted by atomic mass is 10.3. The average molecular weight is 197 g/mol. The Balaban J connectivity index is 2.89. The maximum Gasteiger partial charge on any atom is 0.318 e. The molecule has 0 spiro atoms. The van der Waals surface area contributed by atoms with Crippen molar-refractivity contribution in [2.45, 2.75) is 20.8 Å². The normalized spacial score (nSPS) is 16.2. The van der Waals surface area contributed by atoms with Gasteiger partial charge in [0.25, 0.3) is 5.78 Å². The predicted molar refractivity (Wildman–Crippen MR) is 52.8 cm³/mol. The molecule has 0 bridgehead atoms. The van der Waals surface area contributed by atoms with E-state index in [1.54, 1.807) is 11.8 Å². The van der Waals surface area contributed by atoms with Crippen LogP contribution in [0.25, 0.3) is 0 Å². The standard InChI is InChI=1S/C9H15N3O2/c1-4-11(5-2)8-7(13)9(14)12(6-3)10-8/h4-6H2,1-3H3. The van der Waals surface area contributed by atoms with E-state index in [-0.39, 0.29) is 5.84 Å². The molecular weight excluding hydrogens is 182 g/mol. The molecule has 1 aliphatic heterocycles. The maximum atomic E-state index is 11.5. The Morgan fingerprint density at radius 2 is 1.79 bits per heavy atom. The van der Waals surface area contributed by atoms with E-state index in [9.17, 15) is 9.59 Å². The largest absolute Gasteiger partial charge is 0.352 e. The maximum absolute atomic E-state index is 11.5. The van der Waals surface area contributed by atoms with Gasteiger partial charge in [-0.2, -0.15) is 0 Å². The van der Waals surface area contributed by atoms with E-state index in [1.165, 1.54) is 5.01 Å². The molecule has 5 heteroatoms.